The maximum Gasteiger partial charge on any atom is 0.276 e. The number of carbonyl (C=O) groups excluding carboxylic acids is 2. The highest BCUT2D eigenvalue weighted by atomic mass is 16.5. The SMILES string of the molecule is CC(C)c1cc(C(=O)N2CCCC(C(=O)c3ccc4ccccc4c3)C2)no1. The second kappa shape index (κ2) is 7.58. The molecule has 1 aliphatic rings. The molecule has 0 saturated carbocycles. The van der Waals surface area contributed by atoms with Gasteiger partial charge in [-0.15, -0.1) is 0 Å². The van der Waals surface area contributed by atoms with E-state index in [0.717, 1.165) is 23.6 Å². The second-order valence-electron chi connectivity index (χ2n) is 7.79. The van der Waals surface area contributed by atoms with Gasteiger partial charge in [0.15, 0.2) is 11.5 Å². The number of fused-ring (bicyclic) bond motifs is 1. The number of Topliss-reactive ketones (excluding diaryl/α,β-unsaturated/α-hetero) is 1. The van der Waals surface area contributed by atoms with E-state index in [1.165, 1.54) is 0 Å². The van der Waals surface area contributed by atoms with Crippen molar-refractivity contribution in [3.63, 3.8) is 0 Å². The molecule has 1 aliphatic heterocycles. The van der Waals surface area contributed by atoms with Gasteiger partial charge in [-0.2, -0.15) is 0 Å². The molecule has 1 saturated heterocycles. The number of nitrogens with zero attached hydrogens (tertiary/aromatic N) is 2. The molecule has 2 heterocycles. The summed E-state index contributed by atoms with van der Waals surface area (Å²) in [6.45, 7) is 5.06. The van der Waals surface area contributed by atoms with Crippen molar-refractivity contribution >= 4 is 22.5 Å². The summed E-state index contributed by atoms with van der Waals surface area (Å²) in [7, 11) is 0. The first-order chi connectivity index (χ1) is 13.5. The number of amides is 1. The highest BCUT2D eigenvalue weighted by Gasteiger charge is 2.31. The average molecular weight is 376 g/mol. The maximum atomic E-state index is 13.1. The van der Waals surface area contributed by atoms with Crippen molar-refractivity contribution in [2.45, 2.75) is 32.6 Å². The van der Waals surface area contributed by atoms with Crippen LogP contribution in [0, 0.1) is 5.92 Å². The molecule has 4 rings (SSSR count). The average Bonchev–Trinajstić information content (AvgIpc) is 3.23. The lowest BCUT2D eigenvalue weighted by atomic mass is 9.89. The molecule has 0 aliphatic carbocycles. The maximum absolute atomic E-state index is 13.1. The van der Waals surface area contributed by atoms with Crippen LogP contribution in [0.4, 0.5) is 0 Å². The first-order valence-electron chi connectivity index (χ1n) is 9.82. The van der Waals surface area contributed by atoms with Crippen molar-refractivity contribution in [3.8, 4) is 0 Å². The predicted molar refractivity (Wildman–Crippen MR) is 107 cm³/mol. The smallest absolute Gasteiger partial charge is 0.276 e. The number of hydrogen-bond acceptors (Lipinski definition) is 4. The number of carbonyl (C=O) groups is 2. The van der Waals surface area contributed by atoms with Gasteiger partial charge in [0, 0.05) is 36.6 Å². The number of aromatic nitrogens is 1. The zero-order valence-corrected chi connectivity index (χ0v) is 16.2. The van der Waals surface area contributed by atoms with Gasteiger partial charge in [-0.3, -0.25) is 9.59 Å². The Morgan fingerprint density at radius 1 is 1.11 bits per heavy atom. The van der Waals surface area contributed by atoms with Gasteiger partial charge in [0.25, 0.3) is 5.91 Å². The van der Waals surface area contributed by atoms with Crippen molar-refractivity contribution in [1.29, 1.82) is 0 Å². The van der Waals surface area contributed by atoms with Crippen molar-refractivity contribution in [2.75, 3.05) is 13.1 Å². The fourth-order valence-corrected chi connectivity index (χ4v) is 3.78. The highest BCUT2D eigenvalue weighted by molar-refractivity contribution is 6.02. The Balaban J connectivity index is 1.50. The van der Waals surface area contributed by atoms with Gasteiger partial charge in [0.1, 0.15) is 5.76 Å². The van der Waals surface area contributed by atoms with Crippen LogP contribution in [0.2, 0.25) is 0 Å². The summed E-state index contributed by atoms with van der Waals surface area (Å²) in [4.78, 5) is 27.6. The van der Waals surface area contributed by atoms with Gasteiger partial charge >= 0.3 is 0 Å². The molecular formula is C23H24N2O3. The molecule has 144 valence electrons. The molecule has 1 aromatic heterocycles. The summed E-state index contributed by atoms with van der Waals surface area (Å²) in [5.74, 6) is 0.634. The van der Waals surface area contributed by atoms with Crippen LogP contribution in [0.5, 0.6) is 0 Å². The van der Waals surface area contributed by atoms with Crippen molar-refractivity contribution < 1.29 is 14.1 Å². The van der Waals surface area contributed by atoms with Crippen LogP contribution in [0.3, 0.4) is 0 Å². The van der Waals surface area contributed by atoms with Gasteiger partial charge in [0.05, 0.1) is 0 Å². The molecule has 1 fully saturated rings. The van der Waals surface area contributed by atoms with Crippen LogP contribution in [0.25, 0.3) is 10.8 Å². The van der Waals surface area contributed by atoms with Crippen LogP contribution in [0.15, 0.2) is 53.1 Å². The van der Waals surface area contributed by atoms with Crippen LogP contribution in [0.1, 0.15) is 59.2 Å². The minimum Gasteiger partial charge on any atom is -0.360 e. The summed E-state index contributed by atoms with van der Waals surface area (Å²) in [6, 6.07) is 15.5. The fraction of sp³-hybridized carbons (Fsp3) is 0.348. The molecule has 0 spiro atoms. The van der Waals surface area contributed by atoms with E-state index in [0.29, 0.717) is 30.1 Å². The Morgan fingerprint density at radius 2 is 1.89 bits per heavy atom. The summed E-state index contributed by atoms with van der Waals surface area (Å²) in [5.41, 5.74) is 1.03. The van der Waals surface area contributed by atoms with Gasteiger partial charge in [-0.1, -0.05) is 55.4 Å². The monoisotopic (exact) mass is 376 g/mol. The van der Waals surface area contributed by atoms with Crippen molar-refractivity contribution in [2.24, 2.45) is 5.92 Å². The molecule has 0 bridgehead atoms. The fourth-order valence-electron chi connectivity index (χ4n) is 3.78. The summed E-state index contributed by atoms with van der Waals surface area (Å²) in [5, 5.41) is 6.10. The molecule has 0 N–H and O–H groups in total. The number of rotatable bonds is 4. The topological polar surface area (TPSA) is 63.4 Å². The standard InChI is InChI=1S/C23H24N2O3/c1-15(2)21-13-20(24-28-21)23(27)25-11-5-8-19(14-25)22(26)18-10-9-16-6-3-4-7-17(16)12-18/h3-4,6-7,9-10,12-13,15,19H,5,8,11,14H2,1-2H3. The number of benzene rings is 2. The molecule has 3 aromatic rings. The lowest BCUT2D eigenvalue weighted by Gasteiger charge is -2.31. The normalized spacial score (nSPS) is 17.2. The molecule has 5 nitrogen and oxygen atoms in total. The third kappa shape index (κ3) is 3.57. The lowest BCUT2D eigenvalue weighted by molar-refractivity contribution is 0.0628. The molecule has 5 heteroatoms. The van der Waals surface area contributed by atoms with Gasteiger partial charge in [-0.05, 0) is 29.7 Å². The van der Waals surface area contributed by atoms with Crippen LogP contribution in [-0.4, -0.2) is 34.8 Å². The molecule has 0 radical (unpaired) electrons. The summed E-state index contributed by atoms with van der Waals surface area (Å²) >= 11 is 0. The Bertz CT molecular complexity index is 1020. The molecule has 1 amide bonds. The first-order valence-corrected chi connectivity index (χ1v) is 9.82. The Hall–Kier alpha value is -2.95. The molecule has 1 atom stereocenters. The zero-order chi connectivity index (χ0) is 19.7. The van der Waals surface area contributed by atoms with E-state index in [1.807, 2.05) is 56.3 Å². The predicted octanol–water partition coefficient (Wildman–Crippen LogP) is 4.69. The number of piperidine rings is 1. The summed E-state index contributed by atoms with van der Waals surface area (Å²) in [6.07, 6.45) is 1.61. The third-order valence-electron chi connectivity index (χ3n) is 5.43. The molecule has 28 heavy (non-hydrogen) atoms. The van der Waals surface area contributed by atoms with E-state index in [4.69, 9.17) is 4.52 Å². The lowest BCUT2D eigenvalue weighted by Crippen LogP contribution is -2.42. The van der Waals surface area contributed by atoms with Gasteiger partial charge in [-0.25, -0.2) is 0 Å². The van der Waals surface area contributed by atoms with E-state index in [-0.39, 0.29) is 23.5 Å². The highest BCUT2D eigenvalue weighted by Crippen LogP contribution is 2.25. The quantitative estimate of drug-likeness (QED) is 0.620. The van der Waals surface area contributed by atoms with E-state index >= 15 is 0 Å². The van der Waals surface area contributed by atoms with Crippen molar-refractivity contribution in [3.05, 3.63) is 65.5 Å². The van der Waals surface area contributed by atoms with Crippen LogP contribution < -0.4 is 0 Å². The third-order valence-corrected chi connectivity index (χ3v) is 5.43. The minimum absolute atomic E-state index is 0.103. The minimum atomic E-state index is -0.185. The Labute approximate surface area is 164 Å². The first kappa shape index (κ1) is 18.4. The molecular weight excluding hydrogens is 352 g/mol. The van der Waals surface area contributed by atoms with Gasteiger partial charge < -0.3 is 9.42 Å². The summed E-state index contributed by atoms with van der Waals surface area (Å²) < 4.78 is 5.26. The van der Waals surface area contributed by atoms with Gasteiger partial charge in [0.2, 0.25) is 0 Å². The Morgan fingerprint density at radius 3 is 2.64 bits per heavy atom. The van der Waals surface area contributed by atoms with Crippen LogP contribution >= 0.6 is 0 Å². The number of ketones is 1. The zero-order valence-electron chi connectivity index (χ0n) is 16.2. The van der Waals surface area contributed by atoms with E-state index in [2.05, 4.69) is 5.16 Å². The largest absolute Gasteiger partial charge is 0.360 e. The van der Waals surface area contributed by atoms with Crippen molar-refractivity contribution in [1.82, 2.24) is 10.1 Å². The second-order valence-corrected chi connectivity index (χ2v) is 7.79. The van der Waals surface area contributed by atoms with E-state index in [9.17, 15) is 9.59 Å². The van der Waals surface area contributed by atoms with E-state index < -0.39 is 0 Å². The molecule has 2 aromatic carbocycles. The van der Waals surface area contributed by atoms with E-state index in [1.54, 1.807) is 11.0 Å². The Kier molecular flexibility index (Phi) is 4.99. The number of likely N-dealkylation sites (tertiary alicyclic amines) is 1. The number of hydrogen-bond donors (Lipinski definition) is 0. The van der Waals surface area contributed by atoms with Crippen LogP contribution in [-0.2, 0) is 0 Å². The molecule has 1 unspecified atom stereocenters.